The van der Waals surface area contributed by atoms with Gasteiger partial charge in [0.05, 0.1) is 11.1 Å². The highest BCUT2D eigenvalue weighted by atomic mass is 32.2. The molecule has 0 fully saturated rings. The minimum atomic E-state index is -4.46. The molecular weight excluding hydrogens is 294 g/mol. The van der Waals surface area contributed by atoms with E-state index in [4.69, 9.17) is 0 Å². The van der Waals surface area contributed by atoms with Gasteiger partial charge in [-0.2, -0.15) is 13.2 Å². The van der Waals surface area contributed by atoms with Crippen molar-refractivity contribution in [1.82, 2.24) is 4.98 Å². The van der Waals surface area contributed by atoms with Gasteiger partial charge in [-0.1, -0.05) is 17.8 Å². The van der Waals surface area contributed by atoms with Crippen molar-refractivity contribution >= 4 is 28.4 Å². The molecule has 0 bridgehead atoms. The van der Waals surface area contributed by atoms with Gasteiger partial charge in [-0.15, -0.1) is 0 Å². The van der Waals surface area contributed by atoms with E-state index in [2.05, 4.69) is 4.98 Å². The summed E-state index contributed by atoms with van der Waals surface area (Å²) in [6, 6.07) is 4.52. The standard InChI is InChI=1S/C13H9F4NOS/c1-7(19)12(14)20-11-4-5-18-10-6-8(13(15,16)17)2-3-9(10)11/h2-6,12H,1H3. The normalized spacial score (nSPS) is 13.4. The number of Topliss-reactive ketones (excluding diaryl/α,β-unsaturated/α-hetero) is 1. The van der Waals surface area contributed by atoms with Crippen LogP contribution in [0.2, 0.25) is 0 Å². The maximum Gasteiger partial charge on any atom is 0.416 e. The van der Waals surface area contributed by atoms with Crippen molar-refractivity contribution < 1.29 is 22.4 Å². The van der Waals surface area contributed by atoms with Crippen LogP contribution >= 0.6 is 11.8 Å². The van der Waals surface area contributed by atoms with Crippen molar-refractivity contribution in [3.63, 3.8) is 0 Å². The second-order valence-corrected chi connectivity index (χ2v) is 5.17. The minimum absolute atomic E-state index is 0.112. The van der Waals surface area contributed by atoms with Gasteiger partial charge in [0.25, 0.3) is 0 Å². The smallest absolute Gasteiger partial charge is 0.296 e. The largest absolute Gasteiger partial charge is 0.416 e. The van der Waals surface area contributed by atoms with Gasteiger partial charge in [0, 0.05) is 16.5 Å². The van der Waals surface area contributed by atoms with Crippen LogP contribution in [-0.4, -0.2) is 16.3 Å². The zero-order valence-corrected chi connectivity index (χ0v) is 11.1. The molecule has 1 atom stereocenters. The summed E-state index contributed by atoms with van der Waals surface area (Å²) in [5, 5.41) is 0.384. The highest BCUT2D eigenvalue weighted by molar-refractivity contribution is 8.00. The van der Waals surface area contributed by atoms with Crippen molar-refractivity contribution in [3.8, 4) is 0 Å². The van der Waals surface area contributed by atoms with Gasteiger partial charge in [-0.3, -0.25) is 9.78 Å². The van der Waals surface area contributed by atoms with E-state index in [9.17, 15) is 22.4 Å². The number of ketones is 1. The number of fused-ring (bicyclic) bond motifs is 1. The number of carbonyl (C=O) groups is 1. The van der Waals surface area contributed by atoms with Crippen molar-refractivity contribution in [1.29, 1.82) is 0 Å². The van der Waals surface area contributed by atoms with Gasteiger partial charge in [0.15, 0.2) is 5.78 Å². The fourth-order valence-electron chi connectivity index (χ4n) is 1.60. The van der Waals surface area contributed by atoms with Crippen LogP contribution in [0.1, 0.15) is 12.5 Å². The van der Waals surface area contributed by atoms with Crippen molar-refractivity contribution in [2.45, 2.75) is 23.5 Å². The van der Waals surface area contributed by atoms with E-state index in [-0.39, 0.29) is 5.52 Å². The van der Waals surface area contributed by atoms with E-state index in [0.29, 0.717) is 22.0 Å². The molecule has 20 heavy (non-hydrogen) atoms. The molecule has 0 spiro atoms. The van der Waals surface area contributed by atoms with Crippen LogP contribution in [0.3, 0.4) is 0 Å². The first-order valence-corrected chi connectivity index (χ1v) is 6.44. The SMILES string of the molecule is CC(=O)C(F)Sc1ccnc2cc(C(F)(F)F)ccc12. The highest BCUT2D eigenvalue weighted by Gasteiger charge is 2.30. The number of halogens is 4. The Labute approximate surface area is 116 Å². The van der Waals surface area contributed by atoms with Crippen LogP contribution < -0.4 is 0 Å². The lowest BCUT2D eigenvalue weighted by Crippen LogP contribution is -2.06. The molecule has 0 N–H and O–H groups in total. The first-order chi connectivity index (χ1) is 9.29. The first-order valence-electron chi connectivity index (χ1n) is 5.56. The van der Waals surface area contributed by atoms with Gasteiger partial charge in [-0.05, 0) is 25.1 Å². The van der Waals surface area contributed by atoms with Gasteiger partial charge in [-0.25, -0.2) is 4.39 Å². The summed E-state index contributed by atoms with van der Waals surface area (Å²) in [6.07, 6.45) is -3.17. The summed E-state index contributed by atoms with van der Waals surface area (Å²) in [4.78, 5) is 15.1. The number of benzene rings is 1. The summed E-state index contributed by atoms with van der Waals surface area (Å²) in [7, 11) is 0. The second-order valence-electron chi connectivity index (χ2n) is 4.08. The number of carbonyl (C=O) groups excluding carboxylic acids is 1. The summed E-state index contributed by atoms with van der Waals surface area (Å²) in [5.41, 5.74) is -2.45. The number of rotatable bonds is 3. The van der Waals surface area contributed by atoms with E-state index in [1.54, 1.807) is 0 Å². The number of hydrogen-bond donors (Lipinski definition) is 0. The van der Waals surface area contributed by atoms with E-state index in [1.807, 2.05) is 0 Å². The Kier molecular flexibility index (Phi) is 3.99. The molecule has 1 aromatic heterocycles. The van der Waals surface area contributed by atoms with Gasteiger partial charge in [0.1, 0.15) is 0 Å². The summed E-state index contributed by atoms with van der Waals surface area (Å²) < 4.78 is 51.2. The molecule has 106 valence electrons. The molecule has 7 heteroatoms. The summed E-state index contributed by atoms with van der Waals surface area (Å²) in [5.74, 6) is -0.646. The van der Waals surface area contributed by atoms with Gasteiger partial charge in [0.2, 0.25) is 5.50 Å². The first kappa shape index (κ1) is 14.8. The zero-order chi connectivity index (χ0) is 14.9. The van der Waals surface area contributed by atoms with Crippen LogP contribution in [0.5, 0.6) is 0 Å². The third-order valence-electron chi connectivity index (χ3n) is 2.58. The molecule has 1 unspecified atom stereocenters. The van der Waals surface area contributed by atoms with Gasteiger partial charge < -0.3 is 0 Å². The molecular formula is C13H9F4NOS. The van der Waals surface area contributed by atoms with Gasteiger partial charge >= 0.3 is 6.18 Å². The highest BCUT2D eigenvalue weighted by Crippen LogP contribution is 2.35. The molecule has 2 rings (SSSR count). The number of pyridine rings is 1. The molecule has 0 radical (unpaired) electrons. The summed E-state index contributed by atoms with van der Waals surface area (Å²) in [6.45, 7) is 1.11. The Morgan fingerprint density at radius 2 is 2.00 bits per heavy atom. The van der Waals surface area contributed by atoms with Crippen molar-refractivity contribution in [2.75, 3.05) is 0 Å². The molecule has 0 aliphatic heterocycles. The molecule has 2 nitrogen and oxygen atoms in total. The van der Waals surface area contributed by atoms with Crippen molar-refractivity contribution in [3.05, 3.63) is 36.0 Å². The van der Waals surface area contributed by atoms with Crippen LogP contribution in [0.4, 0.5) is 17.6 Å². The topological polar surface area (TPSA) is 30.0 Å². The third kappa shape index (κ3) is 3.09. The molecule has 0 saturated heterocycles. The monoisotopic (exact) mass is 303 g/mol. The van der Waals surface area contributed by atoms with E-state index < -0.39 is 23.0 Å². The molecule has 0 aliphatic rings. The molecule has 2 aromatic rings. The maximum atomic E-state index is 13.4. The number of alkyl halides is 4. The lowest BCUT2D eigenvalue weighted by Gasteiger charge is -2.10. The molecule has 0 saturated carbocycles. The van der Waals surface area contributed by atoms with Crippen LogP contribution in [-0.2, 0) is 11.0 Å². The predicted molar refractivity (Wildman–Crippen MR) is 68.2 cm³/mol. The fourth-order valence-corrected chi connectivity index (χ4v) is 2.42. The number of aromatic nitrogens is 1. The number of thioether (sulfide) groups is 1. The quantitative estimate of drug-likeness (QED) is 0.628. The molecule has 1 heterocycles. The zero-order valence-electron chi connectivity index (χ0n) is 10.2. The Morgan fingerprint density at radius 1 is 1.30 bits per heavy atom. The molecule has 0 amide bonds. The average molecular weight is 303 g/mol. The minimum Gasteiger partial charge on any atom is -0.296 e. The fraction of sp³-hybridized carbons (Fsp3) is 0.231. The summed E-state index contributed by atoms with van der Waals surface area (Å²) >= 11 is 0.657. The van der Waals surface area contributed by atoms with Crippen LogP contribution in [0.25, 0.3) is 10.9 Å². The average Bonchev–Trinajstić information content (AvgIpc) is 2.37. The van der Waals surface area contributed by atoms with Crippen LogP contribution in [0.15, 0.2) is 35.4 Å². The lowest BCUT2D eigenvalue weighted by atomic mass is 10.1. The lowest BCUT2D eigenvalue weighted by molar-refractivity contribution is -0.137. The Hall–Kier alpha value is -1.63. The molecule has 0 aliphatic carbocycles. The molecule has 1 aromatic carbocycles. The van der Waals surface area contributed by atoms with E-state index in [0.717, 1.165) is 19.1 Å². The second kappa shape index (κ2) is 5.40. The number of nitrogens with zero attached hydrogens (tertiary/aromatic N) is 1. The Balaban J connectivity index is 2.46. The third-order valence-corrected chi connectivity index (χ3v) is 3.73. The Morgan fingerprint density at radius 3 is 2.60 bits per heavy atom. The Bertz CT molecular complexity index is 656. The van der Waals surface area contributed by atoms with E-state index in [1.165, 1.54) is 18.3 Å². The number of hydrogen-bond acceptors (Lipinski definition) is 3. The van der Waals surface area contributed by atoms with Crippen LogP contribution in [0, 0.1) is 0 Å². The maximum absolute atomic E-state index is 13.4. The predicted octanol–water partition coefficient (Wildman–Crippen LogP) is 4.23. The van der Waals surface area contributed by atoms with E-state index >= 15 is 0 Å². The van der Waals surface area contributed by atoms with Crippen molar-refractivity contribution in [2.24, 2.45) is 0 Å².